The molecule has 0 aliphatic carbocycles. The maximum Gasteiger partial charge on any atom is 0.141 e. The van der Waals surface area contributed by atoms with Crippen LogP contribution in [0.1, 0.15) is 25.1 Å². The van der Waals surface area contributed by atoms with Gasteiger partial charge in [0.2, 0.25) is 0 Å². The Morgan fingerprint density at radius 2 is 1.95 bits per heavy atom. The Morgan fingerprint density at radius 3 is 2.62 bits per heavy atom. The number of nitrogens with zero attached hydrogens (tertiary/aromatic N) is 3. The maximum atomic E-state index is 6.48. The van der Waals surface area contributed by atoms with Crippen molar-refractivity contribution in [1.82, 2.24) is 15.2 Å². The van der Waals surface area contributed by atoms with Crippen LogP contribution in [0.4, 0.5) is 5.69 Å². The number of rotatable bonds is 12. The predicted octanol–water partition coefficient (Wildman–Crippen LogP) is 3.08. The van der Waals surface area contributed by atoms with Gasteiger partial charge in [0.25, 0.3) is 0 Å². The molecule has 0 spiro atoms. The van der Waals surface area contributed by atoms with Gasteiger partial charge in [0.1, 0.15) is 31.0 Å². The number of allylic oxidation sites excluding steroid dienone is 3. The van der Waals surface area contributed by atoms with E-state index in [1.54, 1.807) is 25.7 Å². The fourth-order valence-electron chi connectivity index (χ4n) is 3.73. The van der Waals surface area contributed by atoms with Crippen molar-refractivity contribution < 1.29 is 9.47 Å². The number of anilines is 1. The number of pyridine rings is 1. The minimum atomic E-state index is -0.230. The third-order valence-electron chi connectivity index (χ3n) is 5.78. The molecule has 10 nitrogen and oxygen atoms in total. The number of ether oxygens (including phenoxy) is 2. The smallest absolute Gasteiger partial charge is 0.141 e. The molecule has 10 heteroatoms. The lowest BCUT2D eigenvalue weighted by molar-refractivity contribution is 0.179. The molecule has 1 unspecified atom stereocenters. The molecular weight excluding hydrogens is 492 g/mol. The molecule has 3 rings (SSSR count). The van der Waals surface area contributed by atoms with Gasteiger partial charge < -0.3 is 37.3 Å². The van der Waals surface area contributed by atoms with Crippen LogP contribution in [0.5, 0.6) is 11.5 Å². The maximum absolute atomic E-state index is 6.48. The number of aromatic nitrogens is 1. The molecule has 2 heterocycles. The van der Waals surface area contributed by atoms with Crippen LogP contribution >= 0.6 is 0 Å². The summed E-state index contributed by atoms with van der Waals surface area (Å²) in [6.45, 7) is 4.76. The lowest BCUT2D eigenvalue weighted by atomic mass is 10.0. The lowest BCUT2D eigenvalue weighted by Crippen LogP contribution is -2.38. The Hall–Kier alpha value is -4.44. The Kier molecular flexibility index (Phi) is 10.4. The van der Waals surface area contributed by atoms with E-state index in [0.717, 1.165) is 33.8 Å². The first-order valence-corrected chi connectivity index (χ1v) is 12.7. The van der Waals surface area contributed by atoms with Crippen molar-refractivity contribution in [2.24, 2.45) is 28.1 Å². The van der Waals surface area contributed by atoms with Crippen LogP contribution in [0.15, 0.2) is 77.0 Å². The van der Waals surface area contributed by atoms with Crippen molar-refractivity contribution in [1.29, 1.82) is 0 Å². The highest BCUT2D eigenvalue weighted by Crippen LogP contribution is 2.26. The molecule has 0 radical (unpaired) electrons. The van der Waals surface area contributed by atoms with E-state index in [4.69, 9.17) is 26.7 Å². The molecule has 39 heavy (non-hydrogen) atoms. The van der Waals surface area contributed by atoms with E-state index < -0.39 is 0 Å². The van der Waals surface area contributed by atoms with Gasteiger partial charge in [-0.25, -0.2) is 0 Å². The fraction of sp³-hybridized carbons (Fsp3) is 0.310. The molecule has 0 amide bonds. The summed E-state index contributed by atoms with van der Waals surface area (Å²) in [4.78, 5) is 10.7. The first-order chi connectivity index (χ1) is 18.7. The quantitative estimate of drug-likeness (QED) is 0.158. The van der Waals surface area contributed by atoms with Gasteiger partial charge in [-0.15, -0.1) is 0 Å². The summed E-state index contributed by atoms with van der Waals surface area (Å²) >= 11 is 0. The summed E-state index contributed by atoms with van der Waals surface area (Å²) in [7, 11) is 5.58. The molecule has 8 N–H and O–H groups in total. The first-order valence-electron chi connectivity index (χ1n) is 12.7. The highest BCUT2D eigenvalue weighted by atomic mass is 16.5. The van der Waals surface area contributed by atoms with Gasteiger partial charge in [0.05, 0.1) is 22.9 Å². The van der Waals surface area contributed by atoms with E-state index in [9.17, 15) is 0 Å². The van der Waals surface area contributed by atoms with Gasteiger partial charge in [-0.05, 0) is 68.2 Å². The second-order valence-electron chi connectivity index (χ2n) is 9.65. The molecular formula is C29H40N8O2. The Labute approximate surface area is 231 Å². The van der Waals surface area contributed by atoms with E-state index in [2.05, 4.69) is 34.5 Å². The molecule has 1 aliphatic rings. The highest BCUT2D eigenvalue weighted by Gasteiger charge is 2.16. The third kappa shape index (κ3) is 8.54. The summed E-state index contributed by atoms with van der Waals surface area (Å²) in [6.07, 6.45) is 10.6. The number of hydrogen-bond acceptors (Lipinski definition) is 10. The number of aliphatic imine (C=N–C) groups is 1. The molecule has 1 atom stereocenters. The SMILES string of the molecule is CN=CC(=C(N)COc1cccc(OCN(C)C)c1)c1cnc2c(c1)NC(N/C(N)=C/C(=C\N)C(C)C)C=C2. The Balaban J connectivity index is 1.75. The summed E-state index contributed by atoms with van der Waals surface area (Å²) in [6, 6.07) is 9.44. The third-order valence-corrected chi connectivity index (χ3v) is 5.78. The normalized spacial score (nSPS) is 16.2. The van der Waals surface area contributed by atoms with E-state index in [1.165, 1.54) is 0 Å². The molecule has 0 bridgehead atoms. The van der Waals surface area contributed by atoms with Gasteiger partial charge in [-0.2, -0.15) is 0 Å². The highest BCUT2D eigenvalue weighted by molar-refractivity contribution is 6.11. The van der Waals surface area contributed by atoms with Crippen LogP contribution < -0.4 is 37.3 Å². The van der Waals surface area contributed by atoms with Crippen LogP contribution in [0.2, 0.25) is 0 Å². The minimum absolute atomic E-state index is 0.168. The van der Waals surface area contributed by atoms with Crippen LogP contribution in [0.3, 0.4) is 0 Å². The zero-order valence-electron chi connectivity index (χ0n) is 23.3. The lowest BCUT2D eigenvalue weighted by Gasteiger charge is -2.24. The average molecular weight is 533 g/mol. The number of fused-ring (bicyclic) bond motifs is 1. The van der Waals surface area contributed by atoms with Crippen molar-refractivity contribution in [2.45, 2.75) is 20.0 Å². The largest absolute Gasteiger partial charge is 0.487 e. The molecule has 2 aromatic rings. The molecule has 0 saturated carbocycles. The van der Waals surface area contributed by atoms with Crippen molar-refractivity contribution in [3.63, 3.8) is 0 Å². The van der Waals surface area contributed by atoms with Crippen LogP contribution in [0, 0.1) is 5.92 Å². The van der Waals surface area contributed by atoms with E-state index in [-0.39, 0.29) is 18.7 Å². The fourth-order valence-corrected chi connectivity index (χ4v) is 3.73. The van der Waals surface area contributed by atoms with Crippen LogP contribution in [0.25, 0.3) is 11.6 Å². The number of nitrogens with one attached hydrogen (secondary N) is 2. The second-order valence-corrected chi connectivity index (χ2v) is 9.65. The monoisotopic (exact) mass is 532 g/mol. The summed E-state index contributed by atoms with van der Waals surface area (Å²) in [5.74, 6) is 2.14. The van der Waals surface area contributed by atoms with E-state index in [0.29, 0.717) is 24.0 Å². The van der Waals surface area contributed by atoms with Gasteiger partial charge in [-0.1, -0.05) is 19.9 Å². The second kappa shape index (κ2) is 13.9. The summed E-state index contributed by atoms with van der Waals surface area (Å²) in [5.41, 5.74) is 23.1. The molecule has 1 aliphatic heterocycles. The predicted molar refractivity (Wildman–Crippen MR) is 160 cm³/mol. The number of nitrogens with two attached hydrogens (primary N) is 3. The summed E-state index contributed by atoms with van der Waals surface area (Å²) in [5, 5.41) is 6.68. The number of hydrogen-bond donors (Lipinski definition) is 5. The number of benzene rings is 1. The molecule has 1 aromatic heterocycles. The minimum Gasteiger partial charge on any atom is -0.487 e. The molecule has 0 fully saturated rings. The standard InChI is InChI=1S/C29H40N8O2/c1-19(2)20(14-30)12-28(32)36-29-10-9-26-27(35-29)11-21(15-34-26)24(16-33-3)25(31)17-38-22-7-6-8-23(13-22)39-18-37(4)5/h6-16,19,29,35-36H,17-18,30-32H2,1-5H3/b20-14+,25-24?,28-12+,33-16?. The van der Waals surface area contributed by atoms with Crippen molar-refractivity contribution in [3.8, 4) is 11.5 Å². The van der Waals surface area contributed by atoms with Crippen molar-refractivity contribution >= 4 is 23.6 Å². The van der Waals surface area contributed by atoms with Crippen LogP contribution in [-0.4, -0.2) is 56.7 Å². The molecule has 208 valence electrons. The molecule has 0 saturated heterocycles. The molecule has 1 aromatic carbocycles. The van der Waals surface area contributed by atoms with Crippen LogP contribution in [-0.2, 0) is 0 Å². The average Bonchev–Trinajstić information content (AvgIpc) is 2.91. The zero-order chi connectivity index (χ0) is 28.4. The summed E-state index contributed by atoms with van der Waals surface area (Å²) < 4.78 is 11.7. The van der Waals surface area contributed by atoms with Gasteiger partial charge in [-0.3, -0.25) is 14.9 Å². The Morgan fingerprint density at radius 1 is 1.21 bits per heavy atom. The van der Waals surface area contributed by atoms with E-state index >= 15 is 0 Å². The first kappa shape index (κ1) is 29.1. The van der Waals surface area contributed by atoms with Gasteiger partial charge in [0, 0.05) is 36.7 Å². The van der Waals surface area contributed by atoms with Gasteiger partial charge in [0.15, 0.2) is 0 Å². The van der Waals surface area contributed by atoms with Crippen molar-refractivity contribution in [3.05, 3.63) is 83.2 Å². The van der Waals surface area contributed by atoms with Gasteiger partial charge >= 0.3 is 0 Å². The zero-order valence-corrected chi connectivity index (χ0v) is 23.3. The van der Waals surface area contributed by atoms with Crippen molar-refractivity contribution in [2.75, 3.05) is 39.8 Å². The Bertz CT molecular complexity index is 1280. The van der Waals surface area contributed by atoms with E-state index in [1.807, 2.05) is 67.6 Å². The topological polar surface area (TPSA) is 149 Å².